The third-order valence-electron chi connectivity index (χ3n) is 9.22. The Balaban J connectivity index is 1.63. The molecule has 4 aliphatic carbocycles. The predicted molar refractivity (Wildman–Crippen MR) is 103 cm³/mol. The minimum atomic E-state index is -0.162. The van der Waals surface area contributed by atoms with Crippen molar-refractivity contribution in [3.8, 4) is 0 Å². The molecule has 4 rings (SSSR count). The molecule has 0 saturated heterocycles. The molecule has 150 valence electrons. The molecule has 4 heteroatoms. The van der Waals surface area contributed by atoms with Gasteiger partial charge in [0.05, 0.1) is 19.6 Å². The van der Waals surface area contributed by atoms with Crippen molar-refractivity contribution in [1.82, 2.24) is 0 Å². The summed E-state index contributed by atoms with van der Waals surface area (Å²) in [5.74, 6) is 2.23. The van der Waals surface area contributed by atoms with Gasteiger partial charge in [0.15, 0.2) is 5.78 Å². The standard InChI is InChI=1S/C23H34O4/c1-14(21(26)27-3)18-6-7-19-17-5-4-15-12-16(25)8-11-23(15,13-24)20(17)9-10-22(18,19)2/h12,14,17-20,24H,4-11,13H2,1-3H3/t14-,17-,18+,19-,20-,22+,23+/m0/s1. The number of ketones is 1. The topological polar surface area (TPSA) is 63.6 Å². The molecule has 0 aromatic heterocycles. The van der Waals surface area contributed by atoms with E-state index in [4.69, 9.17) is 4.74 Å². The zero-order chi connectivity index (χ0) is 19.4. The Morgan fingerprint density at radius 1 is 1.22 bits per heavy atom. The largest absolute Gasteiger partial charge is 0.469 e. The molecule has 0 aromatic rings. The molecular formula is C23H34O4. The van der Waals surface area contributed by atoms with Crippen molar-refractivity contribution in [3.63, 3.8) is 0 Å². The van der Waals surface area contributed by atoms with Crippen LogP contribution in [0, 0.1) is 40.4 Å². The van der Waals surface area contributed by atoms with Crippen LogP contribution >= 0.6 is 0 Å². The Morgan fingerprint density at radius 2 is 2.00 bits per heavy atom. The number of carbonyl (C=O) groups is 2. The summed E-state index contributed by atoms with van der Waals surface area (Å²) in [7, 11) is 1.49. The van der Waals surface area contributed by atoms with Gasteiger partial charge in [0.2, 0.25) is 0 Å². The van der Waals surface area contributed by atoms with Gasteiger partial charge in [0.25, 0.3) is 0 Å². The van der Waals surface area contributed by atoms with E-state index in [1.54, 1.807) is 0 Å². The zero-order valence-electron chi connectivity index (χ0n) is 17.0. The lowest BCUT2D eigenvalue weighted by Crippen LogP contribution is -2.53. The Labute approximate surface area is 162 Å². The molecule has 0 aromatic carbocycles. The summed E-state index contributed by atoms with van der Waals surface area (Å²) in [6, 6.07) is 0. The van der Waals surface area contributed by atoms with E-state index in [2.05, 4.69) is 6.92 Å². The molecule has 3 fully saturated rings. The molecule has 1 N–H and O–H groups in total. The predicted octanol–water partition coefficient (Wildman–Crippen LogP) is 3.92. The summed E-state index contributed by atoms with van der Waals surface area (Å²) in [5.41, 5.74) is 1.25. The van der Waals surface area contributed by atoms with Crippen LogP contribution in [-0.2, 0) is 14.3 Å². The SMILES string of the molecule is COC(=O)[C@@H](C)[C@H]1CC[C@H]2[C@@H]3CCC4=CC(=O)CC[C@]4(CO)[C@H]3CC[C@]12C. The summed E-state index contributed by atoms with van der Waals surface area (Å²) >= 11 is 0. The van der Waals surface area contributed by atoms with Gasteiger partial charge in [-0.25, -0.2) is 0 Å². The second-order valence-electron chi connectivity index (χ2n) is 9.91. The molecular weight excluding hydrogens is 340 g/mol. The van der Waals surface area contributed by atoms with Gasteiger partial charge < -0.3 is 9.84 Å². The van der Waals surface area contributed by atoms with Gasteiger partial charge >= 0.3 is 5.97 Å². The molecule has 0 radical (unpaired) electrons. The third kappa shape index (κ3) is 2.66. The molecule has 0 unspecified atom stereocenters. The molecule has 0 bridgehead atoms. The number of aliphatic hydroxyl groups excluding tert-OH is 1. The molecule has 3 saturated carbocycles. The Bertz CT molecular complexity index is 667. The highest BCUT2D eigenvalue weighted by Gasteiger charge is 2.61. The fraction of sp³-hybridized carbons (Fsp3) is 0.826. The number of hydrogen-bond donors (Lipinski definition) is 1. The van der Waals surface area contributed by atoms with Crippen LogP contribution in [-0.4, -0.2) is 30.6 Å². The second-order valence-corrected chi connectivity index (χ2v) is 9.91. The first-order valence-electron chi connectivity index (χ1n) is 10.8. The van der Waals surface area contributed by atoms with E-state index in [-0.39, 0.29) is 35.1 Å². The van der Waals surface area contributed by atoms with E-state index in [0.717, 1.165) is 38.5 Å². The molecule has 0 spiro atoms. The molecule has 4 aliphatic rings. The van der Waals surface area contributed by atoms with Crippen molar-refractivity contribution in [1.29, 1.82) is 0 Å². The second kappa shape index (κ2) is 6.72. The first-order valence-corrected chi connectivity index (χ1v) is 10.8. The van der Waals surface area contributed by atoms with Gasteiger partial charge in [-0.05, 0) is 80.1 Å². The maximum atomic E-state index is 12.2. The van der Waals surface area contributed by atoms with Crippen LogP contribution in [0.3, 0.4) is 0 Å². The lowest BCUT2D eigenvalue weighted by Gasteiger charge is -2.58. The van der Waals surface area contributed by atoms with Gasteiger partial charge in [-0.15, -0.1) is 0 Å². The van der Waals surface area contributed by atoms with Gasteiger partial charge in [-0.2, -0.15) is 0 Å². The van der Waals surface area contributed by atoms with Crippen molar-refractivity contribution in [2.75, 3.05) is 13.7 Å². The van der Waals surface area contributed by atoms with Gasteiger partial charge in [-0.3, -0.25) is 9.59 Å². The highest BCUT2D eigenvalue weighted by Crippen LogP contribution is 2.67. The number of ether oxygens (including phenoxy) is 1. The van der Waals surface area contributed by atoms with Crippen molar-refractivity contribution in [2.45, 2.75) is 65.2 Å². The summed E-state index contributed by atoms with van der Waals surface area (Å²) in [6.07, 6.45) is 9.86. The van der Waals surface area contributed by atoms with Gasteiger partial charge in [-0.1, -0.05) is 19.4 Å². The molecule has 4 nitrogen and oxygen atoms in total. The minimum absolute atomic E-state index is 0.0419. The zero-order valence-corrected chi connectivity index (χ0v) is 17.0. The molecule has 27 heavy (non-hydrogen) atoms. The maximum absolute atomic E-state index is 12.2. The van der Waals surface area contributed by atoms with E-state index < -0.39 is 0 Å². The molecule has 0 amide bonds. The van der Waals surface area contributed by atoms with Crippen molar-refractivity contribution in [3.05, 3.63) is 11.6 Å². The summed E-state index contributed by atoms with van der Waals surface area (Å²) < 4.78 is 5.06. The molecule has 0 aliphatic heterocycles. The quantitative estimate of drug-likeness (QED) is 0.761. The van der Waals surface area contributed by atoms with Crippen molar-refractivity contribution in [2.24, 2.45) is 40.4 Å². The summed E-state index contributed by atoms with van der Waals surface area (Å²) in [4.78, 5) is 24.2. The first-order chi connectivity index (χ1) is 12.9. The maximum Gasteiger partial charge on any atom is 0.308 e. The van der Waals surface area contributed by atoms with Crippen LogP contribution in [0.4, 0.5) is 0 Å². The average Bonchev–Trinajstić information content (AvgIpc) is 3.03. The number of rotatable bonds is 3. The molecule has 7 atom stereocenters. The minimum Gasteiger partial charge on any atom is -0.469 e. The van der Waals surface area contributed by atoms with Crippen molar-refractivity contribution < 1.29 is 19.4 Å². The van der Waals surface area contributed by atoms with Crippen LogP contribution in [0.5, 0.6) is 0 Å². The number of esters is 1. The van der Waals surface area contributed by atoms with Crippen LogP contribution in [0.1, 0.15) is 65.2 Å². The average molecular weight is 375 g/mol. The van der Waals surface area contributed by atoms with Crippen LogP contribution < -0.4 is 0 Å². The van der Waals surface area contributed by atoms with E-state index in [0.29, 0.717) is 30.1 Å². The van der Waals surface area contributed by atoms with Gasteiger partial charge in [0.1, 0.15) is 0 Å². The lowest BCUT2D eigenvalue weighted by molar-refractivity contribution is -0.150. The van der Waals surface area contributed by atoms with E-state index in [1.807, 2.05) is 13.0 Å². The first kappa shape index (κ1) is 19.2. The van der Waals surface area contributed by atoms with E-state index in [9.17, 15) is 14.7 Å². The monoisotopic (exact) mass is 374 g/mol. The van der Waals surface area contributed by atoms with E-state index >= 15 is 0 Å². The van der Waals surface area contributed by atoms with Crippen molar-refractivity contribution >= 4 is 11.8 Å². The third-order valence-corrected chi connectivity index (χ3v) is 9.22. The fourth-order valence-electron chi connectivity index (χ4n) is 7.87. The fourth-order valence-corrected chi connectivity index (χ4v) is 7.87. The molecule has 0 heterocycles. The highest BCUT2D eigenvalue weighted by atomic mass is 16.5. The number of methoxy groups -OCH3 is 1. The van der Waals surface area contributed by atoms with Crippen LogP contribution in [0.15, 0.2) is 11.6 Å². The Morgan fingerprint density at radius 3 is 2.70 bits per heavy atom. The van der Waals surface area contributed by atoms with Crippen LogP contribution in [0.25, 0.3) is 0 Å². The van der Waals surface area contributed by atoms with Gasteiger partial charge in [0, 0.05) is 11.8 Å². The summed E-state index contributed by atoms with van der Waals surface area (Å²) in [6.45, 7) is 4.63. The summed E-state index contributed by atoms with van der Waals surface area (Å²) in [5, 5.41) is 10.4. The number of hydrogen-bond acceptors (Lipinski definition) is 4. The normalized spacial score (nSPS) is 44.6. The van der Waals surface area contributed by atoms with Crippen LogP contribution in [0.2, 0.25) is 0 Å². The lowest BCUT2D eigenvalue weighted by atomic mass is 9.46. The van der Waals surface area contributed by atoms with E-state index in [1.165, 1.54) is 19.1 Å². The number of aliphatic hydroxyl groups is 1. The number of fused-ring (bicyclic) bond motifs is 5. The Kier molecular flexibility index (Phi) is 4.77. The highest BCUT2D eigenvalue weighted by molar-refractivity contribution is 5.91. The smallest absolute Gasteiger partial charge is 0.308 e. The number of carbonyl (C=O) groups excluding carboxylic acids is 2. The Hall–Kier alpha value is -1.16.